The molecule has 1 fully saturated rings. The first-order chi connectivity index (χ1) is 12.1. The molecule has 0 bridgehead atoms. The van der Waals surface area contributed by atoms with Gasteiger partial charge in [-0.3, -0.25) is 9.78 Å². The molecule has 0 saturated carbocycles. The van der Waals surface area contributed by atoms with Crippen LogP contribution in [0.1, 0.15) is 33.5 Å². The summed E-state index contributed by atoms with van der Waals surface area (Å²) in [5.74, 6) is 0.874. The van der Waals surface area contributed by atoms with Gasteiger partial charge in [0.05, 0.1) is 13.2 Å². The first-order valence-corrected chi connectivity index (χ1v) is 8.44. The molecule has 0 spiro atoms. The third-order valence-corrected chi connectivity index (χ3v) is 4.53. The molecule has 1 aromatic carbocycles. The molecular formula is C20H20N2O3. The average molecular weight is 336 g/mol. The summed E-state index contributed by atoms with van der Waals surface area (Å²) in [4.78, 5) is 19.0. The monoisotopic (exact) mass is 336 g/mol. The van der Waals surface area contributed by atoms with Gasteiger partial charge in [0.25, 0.3) is 5.91 Å². The number of carbonyl (C=O) groups excluding carboxylic acids is 1. The lowest BCUT2D eigenvalue weighted by Crippen LogP contribution is -2.42. The van der Waals surface area contributed by atoms with Gasteiger partial charge in [-0.25, -0.2) is 0 Å². The number of rotatable bonds is 2. The molecule has 2 aromatic heterocycles. The summed E-state index contributed by atoms with van der Waals surface area (Å²) in [5.41, 5.74) is 3.50. The van der Waals surface area contributed by atoms with Gasteiger partial charge in [-0.1, -0.05) is 0 Å². The minimum absolute atomic E-state index is 0.0276. The van der Waals surface area contributed by atoms with Crippen molar-refractivity contribution in [2.75, 3.05) is 19.7 Å². The van der Waals surface area contributed by atoms with Crippen LogP contribution in [0.3, 0.4) is 0 Å². The lowest BCUT2D eigenvalue weighted by atomic mass is 10.1. The van der Waals surface area contributed by atoms with Gasteiger partial charge >= 0.3 is 0 Å². The Morgan fingerprint density at radius 2 is 2.08 bits per heavy atom. The van der Waals surface area contributed by atoms with Crippen LogP contribution in [0.5, 0.6) is 0 Å². The molecule has 3 heterocycles. The fraction of sp³-hybridized carbons (Fsp3) is 0.300. The molecule has 128 valence electrons. The highest BCUT2D eigenvalue weighted by molar-refractivity contribution is 5.98. The Labute approximate surface area is 146 Å². The predicted octanol–water partition coefficient (Wildman–Crippen LogP) is 3.66. The van der Waals surface area contributed by atoms with E-state index < -0.39 is 0 Å². The quantitative estimate of drug-likeness (QED) is 0.717. The average Bonchev–Trinajstić information content (AvgIpc) is 3.00. The van der Waals surface area contributed by atoms with Crippen LogP contribution in [0.4, 0.5) is 0 Å². The van der Waals surface area contributed by atoms with E-state index >= 15 is 0 Å². The second-order valence-electron chi connectivity index (χ2n) is 6.45. The lowest BCUT2D eigenvalue weighted by molar-refractivity contribution is -0.0228. The number of aryl methyl sites for hydroxylation is 2. The fourth-order valence-electron chi connectivity index (χ4n) is 3.29. The van der Waals surface area contributed by atoms with Crippen LogP contribution in [0.25, 0.3) is 11.0 Å². The summed E-state index contributed by atoms with van der Waals surface area (Å²) >= 11 is 0. The lowest BCUT2D eigenvalue weighted by Gasteiger charge is -2.33. The number of benzene rings is 1. The molecule has 1 aliphatic heterocycles. The second-order valence-corrected chi connectivity index (χ2v) is 6.45. The van der Waals surface area contributed by atoms with Crippen molar-refractivity contribution in [3.63, 3.8) is 0 Å². The van der Waals surface area contributed by atoms with E-state index in [0.29, 0.717) is 25.3 Å². The molecule has 1 saturated heterocycles. The molecule has 4 rings (SSSR count). The zero-order chi connectivity index (χ0) is 17.4. The van der Waals surface area contributed by atoms with Crippen molar-refractivity contribution in [2.45, 2.75) is 20.0 Å². The van der Waals surface area contributed by atoms with Crippen molar-refractivity contribution >= 4 is 16.9 Å². The largest absolute Gasteiger partial charge is 0.461 e. The number of hydrogen-bond donors (Lipinski definition) is 0. The molecule has 1 atom stereocenters. The van der Waals surface area contributed by atoms with Crippen molar-refractivity contribution < 1.29 is 13.9 Å². The molecule has 5 heteroatoms. The fourth-order valence-corrected chi connectivity index (χ4v) is 3.29. The molecule has 25 heavy (non-hydrogen) atoms. The first kappa shape index (κ1) is 15.8. The van der Waals surface area contributed by atoms with Gasteiger partial charge in [0.2, 0.25) is 0 Å². The maximum absolute atomic E-state index is 12.9. The van der Waals surface area contributed by atoms with E-state index in [1.54, 1.807) is 6.20 Å². The Bertz CT molecular complexity index is 932. The highest BCUT2D eigenvalue weighted by atomic mass is 16.5. The van der Waals surface area contributed by atoms with Crippen molar-refractivity contribution in [1.29, 1.82) is 0 Å². The Hall–Kier alpha value is -2.66. The van der Waals surface area contributed by atoms with Gasteiger partial charge in [0.15, 0.2) is 0 Å². The summed E-state index contributed by atoms with van der Waals surface area (Å²) in [6.45, 7) is 5.54. The van der Waals surface area contributed by atoms with Gasteiger partial charge in [0, 0.05) is 29.4 Å². The topological polar surface area (TPSA) is 55.6 Å². The molecule has 1 aliphatic rings. The Balaban J connectivity index is 1.56. The summed E-state index contributed by atoms with van der Waals surface area (Å²) < 4.78 is 11.5. The van der Waals surface area contributed by atoms with E-state index in [4.69, 9.17) is 9.15 Å². The molecule has 3 aromatic rings. The SMILES string of the molecule is Cc1cc([C@H]2CN(C(=O)c3ccc4oc(C)cc4c3)CCO2)ccn1. The minimum atomic E-state index is -0.112. The number of fused-ring (bicyclic) bond motifs is 1. The van der Waals surface area contributed by atoms with Gasteiger partial charge in [-0.15, -0.1) is 0 Å². The Morgan fingerprint density at radius 3 is 2.92 bits per heavy atom. The standard InChI is InChI=1S/C20H20N2O3/c1-13-9-15(5-6-21-13)19-12-22(7-8-24-19)20(23)16-3-4-18-17(11-16)10-14(2)25-18/h3-6,9-11,19H,7-8,12H2,1-2H3/t19-/m1/s1. The summed E-state index contributed by atoms with van der Waals surface area (Å²) in [7, 11) is 0. The van der Waals surface area contributed by atoms with E-state index in [9.17, 15) is 4.79 Å². The number of amides is 1. The van der Waals surface area contributed by atoms with Crippen molar-refractivity contribution in [1.82, 2.24) is 9.88 Å². The van der Waals surface area contributed by atoms with Gasteiger partial charge in [-0.05, 0) is 55.8 Å². The Kier molecular flexibility index (Phi) is 4.01. The minimum Gasteiger partial charge on any atom is -0.461 e. The normalized spacial score (nSPS) is 17.8. The van der Waals surface area contributed by atoms with Crippen molar-refractivity contribution in [3.05, 3.63) is 65.2 Å². The van der Waals surface area contributed by atoms with Crippen LogP contribution in [-0.2, 0) is 4.74 Å². The molecule has 0 N–H and O–H groups in total. The number of pyridine rings is 1. The molecular weight excluding hydrogens is 316 g/mol. The second kappa shape index (κ2) is 6.33. The van der Waals surface area contributed by atoms with Crippen LogP contribution >= 0.6 is 0 Å². The van der Waals surface area contributed by atoms with Crippen LogP contribution in [0, 0.1) is 13.8 Å². The third-order valence-electron chi connectivity index (χ3n) is 4.53. The zero-order valence-corrected chi connectivity index (χ0v) is 14.4. The number of hydrogen-bond acceptors (Lipinski definition) is 4. The van der Waals surface area contributed by atoms with Crippen LogP contribution < -0.4 is 0 Å². The van der Waals surface area contributed by atoms with E-state index in [2.05, 4.69) is 4.98 Å². The maximum Gasteiger partial charge on any atom is 0.254 e. The number of nitrogens with zero attached hydrogens (tertiary/aromatic N) is 2. The summed E-state index contributed by atoms with van der Waals surface area (Å²) in [6.07, 6.45) is 1.67. The molecule has 1 amide bonds. The molecule has 0 unspecified atom stereocenters. The smallest absolute Gasteiger partial charge is 0.254 e. The summed E-state index contributed by atoms with van der Waals surface area (Å²) in [6, 6.07) is 11.5. The van der Waals surface area contributed by atoms with Gasteiger partial charge in [-0.2, -0.15) is 0 Å². The van der Waals surface area contributed by atoms with E-state index in [-0.39, 0.29) is 12.0 Å². The van der Waals surface area contributed by atoms with Crippen LogP contribution in [0.15, 0.2) is 47.0 Å². The van der Waals surface area contributed by atoms with Crippen LogP contribution in [-0.4, -0.2) is 35.5 Å². The number of carbonyl (C=O) groups is 1. The summed E-state index contributed by atoms with van der Waals surface area (Å²) in [5, 5.41) is 0.956. The van der Waals surface area contributed by atoms with Crippen molar-refractivity contribution in [3.8, 4) is 0 Å². The molecule has 0 aliphatic carbocycles. The van der Waals surface area contributed by atoms with E-state index in [1.807, 2.05) is 55.1 Å². The molecule has 0 radical (unpaired) electrons. The predicted molar refractivity (Wildman–Crippen MR) is 94.5 cm³/mol. The highest BCUT2D eigenvalue weighted by Gasteiger charge is 2.26. The zero-order valence-electron chi connectivity index (χ0n) is 14.4. The number of furan rings is 1. The number of ether oxygens (including phenoxy) is 1. The Morgan fingerprint density at radius 1 is 1.20 bits per heavy atom. The van der Waals surface area contributed by atoms with Gasteiger partial charge in [0.1, 0.15) is 17.4 Å². The van der Waals surface area contributed by atoms with Gasteiger partial charge < -0.3 is 14.1 Å². The number of morpholine rings is 1. The molecule has 5 nitrogen and oxygen atoms in total. The van der Waals surface area contributed by atoms with Crippen LogP contribution in [0.2, 0.25) is 0 Å². The maximum atomic E-state index is 12.9. The third kappa shape index (κ3) is 3.15. The van der Waals surface area contributed by atoms with E-state index in [1.165, 1.54) is 0 Å². The van der Waals surface area contributed by atoms with Crippen molar-refractivity contribution in [2.24, 2.45) is 0 Å². The van der Waals surface area contributed by atoms with E-state index in [0.717, 1.165) is 28.0 Å². The first-order valence-electron chi connectivity index (χ1n) is 8.44. The number of aromatic nitrogens is 1. The highest BCUT2D eigenvalue weighted by Crippen LogP contribution is 2.25.